The number of rotatable bonds is 6. The summed E-state index contributed by atoms with van der Waals surface area (Å²) in [4.78, 5) is 0. The Labute approximate surface area is 145 Å². The highest BCUT2D eigenvalue weighted by Crippen LogP contribution is 2.26. The van der Waals surface area contributed by atoms with Gasteiger partial charge in [-0.25, -0.2) is 4.39 Å². The summed E-state index contributed by atoms with van der Waals surface area (Å²) in [7, 11) is 0. The molecule has 2 heterocycles. The molecule has 25 heavy (non-hydrogen) atoms. The smallest absolute Gasteiger partial charge is 0.167 e. The van der Waals surface area contributed by atoms with Crippen LogP contribution in [0, 0.1) is 5.82 Å². The van der Waals surface area contributed by atoms with E-state index < -0.39 is 0 Å². The zero-order chi connectivity index (χ0) is 17.1. The first kappa shape index (κ1) is 16.0. The number of nitrogens with one attached hydrogen (secondary N) is 1. The Bertz CT molecular complexity index is 826. The van der Waals surface area contributed by atoms with Crippen LogP contribution in [-0.2, 0) is 17.7 Å². The van der Waals surface area contributed by atoms with E-state index in [1.807, 2.05) is 24.3 Å². The third-order valence-corrected chi connectivity index (χ3v) is 4.47. The molecule has 4 nitrogen and oxygen atoms in total. The molecule has 2 aromatic carbocycles. The summed E-state index contributed by atoms with van der Waals surface area (Å²) >= 11 is 0. The number of halogens is 1. The minimum atomic E-state index is -0.265. The molecule has 0 amide bonds. The highest BCUT2D eigenvalue weighted by molar-refractivity contribution is 5.57. The average Bonchev–Trinajstić information content (AvgIpc) is 3.07. The first-order chi connectivity index (χ1) is 12.2. The van der Waals surface area contributed by atoms with Crippen molar-refractivity contribution in [2.24, 2.45) is 0 Å². The largest absolute Gasteiger partial charge is 0.377 e. The second kappa shape index (κ2) is 6.78. The van der Waals surface area contributed by atoms with Gasteiger partial charge >= 0.3 is 0 Å². The molecule has 1 saturated heterocycles. The third kappa shape index (κ3) is 3.62. The molecule has 1 aliphatic rings. The Morgan fingerprint density at radius 3 is 2.48 bits per heavy atom. The van der Waals surface area contributed by atoms with Crippen molar-refractivity contribution in [1.29, 1.82) is 0 Å². The van der Waals surface area contributed by atoms with E-state index in [-0.39, 0.29) is 11.4 Å². The van der Waals surface area contributed by atoms with Gasteiger partial charge in [-0.1, -0.05) is 35.5 Å². The predicted molar refractivity (Wildman–Crippen MR) is 92.4 cm³/mol. The van der Waals surface area contributed by atoms with Crippen molar-refractivity contribution < 1.29 is 13.7 Å². The van der Waals surface area contributed by atoms with Gasteiger partial charge in [-0.2, -0.15) is 0 Å². The van der Waals surface area contributed by atoms with Crippen molar-refractivity contribution in [3.05, 3.63) is 77.7 Å². The molecule has 0 spiro atoms. The topological polar surface area (TPSA) is 47.3 Å². The van der Waals surface area contributed by atoms with Gasteiger partial charge in [-0.05, 0) is 29.8 Å². The lowest BCUT2D eigenvalue weighted by molar-refractivity contribution is -0.0755. The molecule has 3 aromatic rings. The molecule has 0 radical (unpaired) electrons. The van der Waals surface area contributed by atoms with Crippen molar-refractivity contribution in [2.75, 3.05) is 13.2 Å². The van der Waals surface area contributed by atoms with E-state index in [0.29, 0.717) is 19.0 Å². The van der Waals surface area contributed by atoms with Gasteiger partial charge in [-0.15, -0.1) is 0 Å². The van der Waals surface area contributed by atoms with Crippen molar-refractivity contribution in [3.8, 4) is 11.3 Å². The molecule has 1 aromatic heterocycles. The van der Waals surface area contributed by atoms with E-state index in [2.05, 4.69) is 22.6 Å². The summed E-state index contributed by atoms with van der Waals surface area (Å²) in [6.45, 7) is 2.09. The van der Waals surface area contributed by atoms with Crippen molar-refractivity contribution >= 4 is 0 Å². The molecular weight excluding hydrogens is 319 g/mol. The summed E-state index contributed by atoms with van der Waals surface area (Å²) in [5.74, 6) is 0.382. The van der Waals surface area contributed by atoms with Gasteiger partial charge in [0, 0.05) is 24.6 Å². The van der Waals surface area contributed by atoms with Crippen LogP contribution in [0.4, 0.5) is 4.39 Å². The lowest BCUT2D eigenvalue weighted by atomic mass is 9.90. The van der Waals surface area contributed by atoms with Crippen LogP contribution in [-0.4, -0.2) is 23.9 Å². The standard InChI is InChI=1S/C20H19FN2O2/c21-17-8-6-16(7-9-17)19-10-18(23-25-19)11-20(13-24-14-20)22-12-15-4-2-1-3-5-15/h1-10,22H,11-14H2. The molecule has 0 bridgehead atoms. The Morgan fingerprint density at radius 1 is 1.04 bits per heavy atom. The Morgan fingerprint density at radius 2 is 1.80 bits per heavy atom. The maximum absolute atomic E-state index is 13.0. The van der Waals surface area contributed by atoms with E-state index in [1.54, 1.807) is 12.1 Å². The monoisotopic (exact) mass is 338 g/mol. The maximum Gasteiger partial charge on any atom is 0.167 e. The van der Waals surface area contributed by atoms with Gasteiger partial charge in [0.15, 0.2) is 5.76 Å². The first-order valence-corrected chi connectivity index (χ1v) is 8.31. The van der Waals surface area contributed by atoms with Gasteiger partial charge in [0.2, 0.25) is 0 Å². The molecule has 1 fully saturated rings. The summed E-state index contributed by atoms with van der Waals surface area (Å²) in [6, 6.07) is 18.4. The van der Waals surface area contributed by atoms with Crippen LogP contribution in [0.15, 0.2) is 65.2 Å². The summed E-state index contributed by atoms with van der Waals surface area (Å²) in [5, 5.41) is 7.77. The number of hydrogen-bond donors (Lipinski definition) is 1. The van der Waals surface area contributed by atoms with Gasteiger partial charge in [0.05, 0.1) is 24.4 Å². The van der Waals surface area contributed by atoms with Crippen molar-refractivity contribution in [2.45, 2.75) is 18.5 Å². The van der Waals surface area contributed by atoms with Gasteiger partial charge in [0.1, 0.15) is 5.82 Å². The predicted octanol–water partition coefficient (Wildman–Crippen LogP) is 3.58. The molecule has 4 rings (SSSR count). The third-order valence-electron chi connectivity index (χ3n) is 4.47. The van der Waals surface area contributed by atoms with Crippen LogP contribution in [0.1, 0.15) is 11.3 Å². The van der Waals surface area contributed by atoms with Crippen LogP contribution in [0.5, 0.6) is 0 Å². The molecule has 0 aliphatic carbocycles. The molecule has 1 N–H and O–H groups in total. The zero-order valence-corrected chi connectivity index (χ0v) is 13.7. The second-order valence-electron chi connectivity index (χ2n) is 6.48. The van der Waals surface area contributed by atoms with Gasteiger partial charge < -0.3 is 14.6 Å². The van der Waals surface area contributed by atoms with E-state index in [1.165, 1.54) is 17.7 Å². The fraction of sp³-hybridized carbons (Fsp3) is 0.250. The van der Waals surface area contributed by atoms with Crippen LogP contribution >= 0.6 is 0 Å². The molecule has 1 aliphatic heterocycles. The maximum atomic E-state index is 13.0. The molecule has 128 valence electrons. The van der Waals surface area contributed by atoms with Crippen LogP contribution in [0.2, 0.25) is 0 Å². The summed E-state index contributed by atoms with van der Waals surface area (Å²) in [6.07, 6.45) is 0.727. The first-order valence-electron chi connectivity index (χ1n) is 8.31. The molecule has 5 heteroatoms. The average molecular weight is 338 g/mol. The second-order valence-corrected chi connectivity index (χ2v) is 6.48. The minimum Gasteiger partial charge on any atom is -0.377 e. The lowest BCUT2D eigenvalue weighted by Crippen LogP contribution is -2.61. The van der Waals surface area contributed by atoms with E-state index in [9.17, 15) is 4.39 Å². The number of benzene rings is 2. The highest BCUT2D eigenvalue weighted by atomic mass is 19.1. The highest BCUT2D eigenvalue weighted by Gasteiger charge is 2.39. The van der Waals surface area contributed by atoms with Crippen molar-refractivity contribution in [3.63, 3.8) is 0 Å². The molecule has 0 saturated carbocycles. The number of nitrogens with zero attached hydrogens (tertiary/aromatic N) is 1. The summed E-state index contributed by atoms with van der Waals surface area (Å²) < 4.78 is 23.9. The van der Waals surface area contributed by atoms with Crippen LogP contribution in [0.3, 0.4) is 0 Å². The molecule has 0 unspecified atom stereocenters. The Balaban J connectivity index is 1.44. The zero-order valence-electron chi connectivity index (χ0n) is 13.7. The van der Waals surface area contributed by atoms with Gasteiger partial charge in [0.25, 0.3) is 0 Å². The Hall–Kier alpha value is -2.50. The van der Waals surface area contributed by atoms with Crippen LogP contribution in [0.25, 0.3) is 11.3 Å². The fourth-order valence-electron chi connectivity index (χ4n) is 2.99. The quantitative estimate of drug-likeness (QED) is 0.746. The van der Waals surface area contributed by atoms with Crippen molar-refractivity contribution in [1.82, 2.24) is 10.5 Å². The van der Waals surface area contributed by atoms with E-state index in [4.69, 9.17) is 9.26 Å². The Kier molecular flexibility index (Phi) is 4.34. The number of aromatic nitrogens is 1. The lowest BCUT2D eigenvalue weighted by Gasteiger charge is -2.42. The summed E-state index contributed by atoms with van der Waals surface area (Å²) in [5.41, 5.74) is 2.80. The van der Waals surface area contributed by atoms with Gasteiger partial charge in [-0.3, -0.25) is 0 Å². The van der Waals surface area contributed by atoms with E-state index in [0.717, 1.165) is 24.2 Å². The fourth-order valence-corrected chi connectivity index (χ4v) is 2.99. The SMILES string of the molecule is Fc1ccc(-c2cc(CC3(NCc4ccccc4)COC3)no2)cc1. The number of hydrogen-bond acceptors (Lipinski definition) is 4. The van der Waals surface area contributed by atoms with Crippen LogP contribution < -0.4 is 5.32 Å². The molecular formula is C20H19FN2O2. The number of ether oxygens (including phenoxy) is 1. The van der Waals surface area contributed by atoms with E-state index >= 15 is 0 Å². The molecule has 0 atom stereocenters. The minimum absolute atomic E-state index is 0.118. The normalized spacial score (nSPS) is 15.7.